The van der Waals surface area contributed by atoms with Crippen molar-refractivity contribution in [3.8, 4) is 16.9 Å². The SMILES string of the molecule is CC(O)(COc1ccc(-c2cccc(C(F)(F)F)c2)cc1)CN1CCCC(O)C1. The summed E-state index contributed by atoms with van der Waals surface area (Å²) in [4.78, 5) is 2.02. The van der Waals surface area contributed by atoms with Gasteiger partial charge in [-0.1, -0.05) is 24.3 Å². The molecule has 2 aromatic carbocycles. The van der Waals surface area contributed by atoms with Crippen LogP contribution in [0.15, 0.2) is 48.5 Å². The maximum atomic E-state index is 12.9. The normalized spacial score (nSPS) is 20.3. The van der Waals surface area contributed by atoms with Crippen molar-refractivity contribution in [2.45, 2.75) is 37.6 Å². The molecule has 2 atom stereocenters. The number of hydrogen-bond donors (Lipinski definition) is 2. The van der Waals surface area contributed by atoms with Crippen molar-refractivity contribution in [3.63, 3.8) is 0 Å². The summed E-state index contributed by atoms with van der Waals surface area (Å²) >= 11 is 0. The number of nitrogens with zero attached hydrogens (tertiary/aromatic N) is 1. The Morgan fingerprint density at radius 2 is 1.83 bits per heavy atom. The van der Waals surface area contributed by atoms with E-state index in [0.29, 0.717) is 30.0 Å². The largest absolute Gasteiger partial charge is 0.491 e. The summed E-state index contributed by atoms with van der Waals surface area (Å²) < 4.78 is 44.4. The summed E-state index contributed by atoms with van der Waals surface area (Å²) in [7, 11) is 0. The molecule has 2 aromatic rings. The summed E-state index contributed by atoms with van der Waals surface area (Å²) in [5.74, 6) is 0.527. The summed E-state index contributed by atoms with van der Waals surface area (Å²) in [6.07, 6.45) is -3.05. The van der Waals surface area contributed by atoms with E-state index >= 15 is 0 Å². The lowest BCUT2D eigenvalue weighted by atomic mass is 10.0. The zero-order valence-electron chi connectivity index (χ0n) is 16.3. The van der Waals surface area contributed by atoms with E-state index in [1.165, 1.54) is 6.07 Å². The molecule has 0 amide bonds. The fourth-order valence-electron chi connectivity index (χ4n) is 3.56. The zero-order chi connectivity index (χ0) is 21.1. The third-order valence-electron chi connectivity index (χ3n) is 4.97. The number of rotatable bonds is 6. The van der Waals surface area contributed by atoms with Gasteiger partial charge in [0.05, 0.1) is 11.7 Å². The van der Waals surface area contributed by atoms with Crippen molar-refractivity contribution in [2.75, 3.05) is 26.2 Å². The van der Waals surface area contributed by atoms with Gasteiger partial charge in [-0.2, -0.15) is 13.2 Å². The number of halogens is 3. The number of hydrogen-bond acceptors (Lipinski definition) is 4. The molecule has 2 unspecified atom stereocenters. The molecule has 0 radical (unpaired) electrons. The first-order valence-corrected chi connectivity index (χ1v) is 9.66. The van der Waals surface area contributed by atoms with Crippen molar-refractivity contribution in [3.05, 3.63) is 54.1 Å². The highest BCUT2D eigenvalue weighted by atomic mass is 19.4. The molecular formula is C22H26F3NO3. The molecule has 1 heterocycles. The number of likely N-dealkylation sites (tertiary alicyclic amines) is 1. The molecular weight excluding hydrogens is 383 g/mol. The van der Waals surface area contributed by atoms with Gasteiger partial charge in [-0.25, -0.2) is 0 Å². The van der Waals surface area contributed by atoms with Crippen LogP contribution in [0, 0.1) is 0 Å². The van der Waals surface area contributed by atoms with Crippen LogP contribution in [-0.4, -0.2) is 53.1 Å². The number of piperidine rings is 1. The second-order valence-corrected chi connectivity index (χ2v) is 7.92. The lowest BCUT2D eigenvalue weighted by Gasteiger charge is -2.35. The van der Waals surface area contributed by atoms with Crippen LogP contribution in [0.4, 0.5) is 13.2 Å². The van der Waals surface area contributed by atoms with E-state index in [0.717, 1.165) is 31.5 Å². The molecule has 2 N–H and O–H groups in total. The fraction of sp³-hybridized carbons (Fsp3) is 0.455. The second kappa shape index (κ2) is 8.73. The van der Waals surface area contributed by atoms with Gasteiger partial charge in [0.15, 0.2) is 0 Å². The minimum absolute atomic E-state index is 0.0719. The predicted molar refractivity (Wildman–Crippen MR) is 105 cm³/mol. The highest BCUT2D eigenvalue weighted by molar-refractivity contribution is 5.65. The zero-order valence-corrected chi connectivity index (χ0v) is 16.3. The van der Waals surface area contributed by atoms with Crippen LogP contribution in [-0.2, 0) is 6.18 Å². The molecule has 0 aromatic heterocycles. The topological polar surface area (TPSA) is 52.9 Å². The molecule has 0 spiro atoms. The maximum absolute atomic E-state index is 12.9. The Bertz CT molecular complexity index is 806. The molecule has 1 saturated heterocycles. The highest BCUT2D eigenvalue weighted by Gasteiger charge is 2.30. The summed E-state index contributed by atoms with van der Waals surface area (Å²) in [6, 6.07) is 11.9. The maximum Gasteiger partial charge on any atom is 0.416 e. The number of aliphatic hydroxyl groups is 2. The Kier molecular flexibility index (Phi) is 6.51. The van der Waals surface area contributed by atoms with Gasteiger partial charge in [0.1, 0.15) is 18.0 Å². The number of β-amino-alcohol motifs (C(OH)–C–C–N with tert-alkyl or cyclic N) is 2. The van der Waals surface area contributed by atoms with E-state index in [1.54, 1.807) is 37.3 Å². The molecule has 29 heavy (non-hydrogen) atoms. The van der Waals surface area contributed by atoms with Crippen molar-refractivity contribution >= 4 is 0 Å². The van der Waals surface area contributed by atoms with Crippen LogP contribution in [0.25, 0.3) is 11.1 Å². The van der Waals surface area contributed by atoms with Crippen LogP contribution in [0.5, 0.6) is 5.75 Å². The summed E-state index contributed by atoms with van der Waals surface area (Å²) in [5, 5.41) is 20.3. The van der Waals surface area contributed by atoms with Gasteiger partial charge >= 0.3 is 6.18 Å². The van der Waals surface area contributed by atoms with E-state index < -0.39 is 17.3 Å². The molecule has 1 fully saturated rings. The van der Waals surface area contributed by atoms with E-state index in [-0.39, 0.29) is 12.7 Å². The van der Waals surface area contributed by atoms with Crippen molar-refractivity contribution in [1.82, 2.24) is 4.90 Å². The van der Waals surface area contributed by atoms with Crippen molar-refractivity contribution < 1.29 is 28.1 Å². The van der Waals surface area contributed by atoms with Gasteiger partial charge in [-0.05, 0) is 61.7 Å². The van der Waals surface area contributed by atoms with E-state index in [2.05, 4.69) is 0 Å². The lowest BCUT2D eigenvalue weighted by Crippen LogP contribution is -2.49. The average molecular weight is 409 g/mol. The highest BCUT2D eigenvalue weighted by Crippen LogP contribution is 2.32. The fourth-order valence-corrected chi connectivity index (χ4v) is 3.56. The molecule has 1 aliphatic rings. The molecule has 158 valence electrons. The molecule has 0 bridgehead atoms. The smallest absolute Gasteiger partial charge is 0.416 e. The molecule has 0 saturated carbocycles. The molecule has 4 nitrogen and oxygen atoms in total. The monoisotopic (exact) mass is 409 g/mol. The molecule has 1 aliphatic heterocycles. The Hall–Kier alpha value is -2.09. The minimum Gasteiger partial charge on any atom is -0.491 e. The first-order valence-electron chi connectivity index (χ1n) is 9.66. The standard InChI is InChI=1S/C22H26F3NO3/c1-21(28,14-26-11-3-6-19(27)13-26)15-29-20-9-7-16(8-10-20)17-4-2-5-18(12-17)22(23,24)25/h2,4-5,7-10,12,19,27-28H,3,6,11,13-15H2,1H3. The minimum atomic E-state index is -4.38. The van der Waals surface area contributed by atoms with Gasteiger partial charge < -0.3 is 14.9 Å². The van der Waals surface area contributed by atoms with Crippen LogP contribution in [0.2, 0.25) is 0 Å². The van der Waals surface area contributed by atoms with E-state index in [1.807, 2.05) is 4.90 Å². The van der Waals surface area contributed by atoms with Gasteiger partial charge in [0, 0.05) is 13.1 Å². The molecule has 0 aliphatic carbocycles. The Morgan fingerprint density at radius 1 is 1.10 bits per heavy atom. The summed E-state index contributed by atoms with van der Waals surface area (Å²) in [5.41, 5.74) is -0.648. The second-order valence-electron chi connectivity index (χ2n) is 7.92. The predicted octanol–water partition coefficient (Wildman–Crippen LogP) is 3.96. The lowest BCUT2D eigenvalue weighted by molar-refractivity contribution is -0.137. The third kappa shape index (κ3) is 6.19. The van der Waals surface area contributed by atoms with Gasteiger partial charge in [-0.15, -0.1) is 0 Å². The number of alkyl halides is 3. The van der Waals surface area contributed by atoms with Crippen molar-refractivity contribution in [1.29, 1.82) is 0 Å². The number of benzene rings is 2. The van der Waals surface area contributed by atoms with Gasteiger partial charge in [-0.3, -0.25) is 4.90 Å². The van der Waals surface area contributed by atoms with E-state index in [9.17, 15) is 23.4 Å². The van der Waals surface area contributed by atoms with Crippen LogP contribution >= 0.6 is 0 Å². The van der Waals surface area contributed by atoms with Crippen LogP contribution < -0.4 is 4.74 Å². The number of aliphatic hydroxyl groups excluding tert-OH is 1. The van der Waals surface area contributed by atoms with Gasteiger partial charge in [0.2, 0.25) is 0 Å². The van der Waals surface area contributed by atoms with Crippen molar-refractivity contribution in [2.24, 2.45) is 0 Å². The quantitative estimate of drug-likeness (QED) is 0.759. The Balaban J connectivity index is 1.59. The first kappa shape index (κ1) is 21.6. The third-order valence-corrected chi connectivity index (χ3v) is 4.97. The van der Waals surface area contributed by atoms with Gasteiger partial charge in [0.25, 0.3) is 0 Å². The van der Waals surface area contributed by atoms with Crippen LogP contribution in [0.3, 0.4) is 0 Å². The molecule has 3 rings (SSSR count). The average Bonchev–Trinajstić information content (AvgIpc) is 2.66. The molecule has 7 heteroatoms. The van der Waals surface area contributed by atoms with Crippen LogP contribution in [0.1, 0.15) is 25.3 Å². The first-order chi connectivity index (χ1) is 13.6. The number of ether oxygens (including phenoxy) is 1. The Labute approximate surface area is 168 Å². The van der Waals surface area contributed by atoms with E-state index in [4.69, 9.17) is 4.74 Å². The summed E-state index contributed by atoms with van der Waals surface area (Å²) in [6.45, 7) is 3.53. The Morgan fingerprint density at radius 3 is 2.48 bits per heavy atom.